The lowest BCUT2D eigenvalue weighted by Gasteiger charge is -2.39. The molecule has 1 aromatic rings. The number of carboxylic acid groups (broad SMARTS) is 1. The van der Waals surface area contributed by atoms with Gasteiger partial charge in [0.2, 0.25) is 5.91 Å². The number of piperidine rings is 1. The van der Waals surface area contributed by atoms with Gasteiger partial charge >= 0.3 is 5.97 Å². The number of carboxylic acids is 1. The first-order chi connectivity index (χ1) is 12.0. The highest BCUT2D eigenvalue weighted by molar-refractivity contribution is 5.76. The van der Waals surface area contributed by atoms with Crippen LogP contribution in [0.2, 0.25) is 0 Å². The van der Waals surface area contributed by atoms with Crippen molar-refractivity contribution >= 4 is 11.9 Å². The molecular weight excluding hydrogens is 320 g/mol. The Bertz CT molecular complexity index is 588. The monoisotopic (exact) mass is 348 g/mol. The van der Waals surface area contributed by atoms with E-state index < -0.39 is 11.4 Å². The molecule has 2 N–H and O–H groups in total. The van der Waals surface area contributed by atoms with Gasteiger partial charge in [0.15, 0.2) is 0 Å². The third kappa shape index (κ3) is 5.19. The van der Waals surface area contributed by atoms with Crippen LogP contribution in [-0.2, 0) is 16.1 Å². The minimum atomic E-state index is -0.719. The summed E-state index contributed by atoms with van der Waals surface area (Å²) in [7, 11) is 1.62. The maximum absolute atomic E-state index is 12.1. The number of likely N-dealkylation sites (tertiary alicyclic amines) is 1. The molecule has 0 saturated carbocycles. The number of nitrogens with zero attached hydrogens (tertiary/aromatic N) is 1. The van der Waals surface area contributed by atoms with Gasteiger partial charge < -0.3 is 20.1 Å². The van der Waals surface area contributed by atoms with E-state index in [-0.39, 0.29) is 5.91 Å². The van der Waals surface area contributed by atoms with E-state index in [4.69, 9.17) is 4.74 Å². The summed E-state index contributed by atoms with van der Waals surface area (Å²) in [6.07, 6.45) is 2.60. The molecule has 0 aromatic heterocycles. The quantitative estimate of drug-likeness (QED) is 0.753. The average molecular weight is 348 g/mol. The normalized spacial score (nSPS) is 20.9. The number of nitrogens with one attached hydrogen (secondary N) is 1. The molecule has 0 unspecified atom stereocenters. The minimum Gasteiger partial charge on any atom is -0.497 e. The number of hydrogen-bond donors (Lipinski definition) is 2. The van der Waals surface area contributed by atoms with Crippen LogP contribution in [0.1, 0.15) is 38.2 Å². The predicted octanol–water partition coefficient (Wildman–Crippen LogP) is 2.28. The number of carbonyl (C=O) groups excluding carboxylic acids is 1. The maximum Gasteiger partial charge on any atom is 0.310 e. The van der Waals surface area contributed by atoms with Crippen LogP contribution in [0.25, 0.3) is 0 Å². The summed E-state index contributed by atoms with van der Waals surface area (Å²) >= 11 is 0. The Labute approximate surface area is 149 Å². The van der Waals surface area contributed by atoms with E-state index in [1.807, 2.05) is 31.2 Å². The summed E-state index contributed by atoms with van der Waals surface area (Å²) in [4.78, 5) is 25.8. The summed E-state index contributed by atoms with van der Waals surface area (Å²) in [5.41, 5.74) is 0.362. The van der Waals surface area contributed by atoms with Gasteiger partial charge in [-0.2, -0.15) is 0 Å². The standard InChI is InChI=1S/C19H28N2O4/c1-3-19(18(23)24)10-4-11-21(14-19)12-9-17(22)20-13-15-5-7-16(25-2)8-6-15/h5-8H,3-4,9-14H2,1-2H3,(H,20,22)(H,23,24)/t19-/m1/s1. The molecule has 1 amide bonds. The predicted molar refractivity (Wildman–Crippen MR) is 95.5 cm³/mol. The number of rotatable bonds is 8. The third-order valence-corrected chi connectivity index (χ3v) is 5.09. The number of methoxy groups -OCH3 is 1. The molecule has 6 heteroatoms. The summed E-state index contributed by atoms with van der Waals surface area (Å²) in [5, 5.41) is 12.4. The van der Waals surface area contributed by atoms with Crippen molar-refractivity contribution in [1.82, 2.24) is 10.2 Å². The van der Waals surface area contributed by atoms with Crippen molar-refractivity contribution in [3.63, 3.8) is 0 Å². The average Bonchev–Trinajstić information content (AvgIpc) is 2.65. The summed E-state index contributed by atoms with van der Waals surface area (Å²) in [5.74, 6) is 0.0560. The van der Waals surface area contributed by atoms with Crippen molar-refractivity contribution in [2.45, 2.75) is 39.2 Å². The summed E-state index contributed by atoms with van der Waals surface area (Å²) in [6, 6.07) is 7.58. The lowest BCUT2D eigenvalue weighted by atomic mass is 9.77. The fourth-order valence-corrected chi connectivity index (χ4v) is 3.32. The van der Waals surface area contributed by atoms with Crippen molar-refractivity contribution in [3.8, 4) is 5.75 Å². The smallest absolute Gasteiger partial charge is 0.310 e. The van der Waals surface area contributed by atoms with Gasteiger partial charge in [-0.05, 0) is 43.5 Å². The van der Waals surface area contributed by atoms with Gasteiger partial charge in [0.05, 0.1) is 12.5 Å². The van der Waals surface area contributed by atoms with Gasteiger partial charge in [-0.15, -0.1) is 0 Å². The third-order valence-electron chi connectivity index (χ3n) is 5.09. The second-order valence-corrected chi connectivity index (χ2v) is 6.69. The molecule has 138 valence electrons. The largest absolute Gasteiger partial charge is 0.497 e. The molecule has 0 radical (unpaired) electrons. The Balaban J connectivity index is 1.76. The van der Waals surface area contributed by atoms with Gasteiger partial charge in [-0.3, -0.25) is 9.59 Å². The number of carbonyl (C=O) groups is 2. The molecule has 1 aromatic carbocycles. The molecule has 2 rings (SSSR count). The van der Waals surface area contributed by atoms with Crippen LogP contribution in [0.15, 0.2) is 24.3 Å². The lowest BCUT2D eigenvalue weighted by molar-refractivity contribution is -0.152. The van der Waals surface area contributed by atoms with Crippen LogP contribution < -0.4 is 10.1 Å². The van der Waals surface area contributed by atoms with Crippen LogP contribution in [0, 0.1) is 5.41 Å². The topological polar surface area (TPSA) is 78.9 Å². The molecule has 1 aliphatic rings. The van der Waals surface area contributed by atoms with Crippen LogP contribution >= 0.6 is 0 Å². The fourth-order valence-electron chi connectivity index (χ4n) is 3.32. The summed E-state index contributed by atoms with van der Waals surface area (Å²) in [6.45, 7) is 4.41. The molecule has 1 atom stereocenters. The number of ether oxygens (including phenoxy) is 1. The van der Waals surface area contributed by atoms with Gasteiger partial charge in [0, 0.05) is 26.1 Å². The van der Waals surface area contributed by atoms with Crippen LogP contribution in [-0.4, -0.2) is 48.6 Å². The first kappa shape index (κ1) is 19.2. The Morgan fingerprint density at radius 3 is 2.64 bits per heavy atom. The first-order valence-electron chi connectivity index (χ1n) is 8.84. The Hall–Kier alpha value is -2.08. The molecule has 1 saturated heterocycles. The molecule has 0 bridgehead atoms. The molecular formula is C19H28N2O4. The Kier molecular flexibility index (Phi) is 6.82. The van der Waals surface area contributed by atoms with Crippen LogP contribution in [0.3, 0.4) is 0 Å². The van der Waals surface area contributed by atoms with Gasteiger partial charge in [0.1, 0.15) is 5.75 Å². The van der Waals surface area contributed by atoms with Gasteiger partial charge in [-0.1, -0.05) is 19.1 Å². The van der Waals surface area contributed by atoms with E-state index in [0.29, 0.717) is 32.5 Å². The van der Waals surface area contributed by atoms with Gasteiger partial charge in [0.25, 0.3) is 0 Å². The first-order valence-corrected chi connectivity index (χ1v) is 8.84. The number of benzene rings is 1. The van der Waals surface area contributed by atoms with E-state index >= 15 is 0 Å². The minimum absolute atomic E-state index is 0.0150. The second-order valence-electron chi connectivity index (χ2n) is 6.69. The lowest BCUT2D eigenvalue weighted by Crippen LogP contribution is -2.48. The molecule has 6 nitrogen and oxygen atoms in total. The van der Waals surface area contributed by atoms with Crippen molar-refractivity contribution in [3.05, 3.63) is 29.8 Å². The summed E-state index contributed by atoms with van der Waals surface area (Å²) < 4.78 is 5.11. The fraction of sp³-hybridized carbons (Fsp3) is 0.579. The molecule has 1 fully saturated rings. The Morgan fingerprint density at radius 1 is 1.32 bits per heavy atom. The van der Waals surface area contributed by atoms with E-state index in [9.17, 15) is 14.7 Å². The van der Waals surface area contributed by atoms with Crippen molar-refractivity contribution in [2.75, 3.05) is 26.7 Å². The van der Waals surface area contributed by atoms with Gasteiger partial charge in [-0.25, -0.2) is 0 Å². The zero-order chi connectivity index (χ0) is 18.3. The van der Waals surface area contributed by atoms with Crippen LogP contribution in [0.5, 0.6) is 5.75 Å². The van der Waals surface area contributed by atoms with E-state index in [0.717, 1.165) is 30.7 Å². The zero-order valence-corrected chi connectivity index (χ0v) is 15.1. The highest BCUT2D eigenvalue weighted by atomic mass is 16.5. The van der Waals surface area contributed by atoms with E-state index in [2.05, 4.69) is 10.2 Å². The molecule has 25 heavy (non-hydrogen) atoms. The van der Waals surface area contributed by atoms with Crippen molar-refractivity contribution in [2.24, 2.45) is 5.41 Å². The zero-order valence-electron chi connectivity index (χ0n) is 15.1. The maximum atomic E-state index is 12.1. The number of hydrogen-bond acceptors (Lipinski definition) is 4. The molecule has 0 spiro atoms. The Morgan fingerprint density at radius 2 is 2.04 bits per heavy atom. The SMILES string of the molecule is CC[C@@]1(C(=O)O)CCCN(CCC(=O)NCc2ccc(OC)cc2)C1. The number of aliphatic carboxylic acids is 1. The molecule has 0 aliphatic carbocycles. The van der Waals surface area contributed by atoms with Crippen molar-refractivity contribution in [1.29, 1.82) is 0 Å². The second kappa shape index (κ2) is 8.85. The highest BCUT2D eigenvalue weighted by Crippen LogP contribution is 2.33. The molecule has 1 aliphatic heterocycles. The van der Waals surface area contributed by atoms with E-state index in [1.165, 1.54) is 0 Å². The van der Waals surface area contributed by atoms with E-state index in [1.54, 1.807) is 7.11 Å². The number of amides is 1. The van der Waals surface area contributed by atoms with Crippen LogP contribution in [0.4, 0.5) is 0 Å². The highest BCUT2D eigenvalue weighted by Gasteiger charge is 2.40. The van der Waals surface area contributed by atoms with Crippen molar-refractivity contribution < 1.29 is 19.4 Å². The molecule has 1 heterocycles.